The molecule has 0 fully saturated rings. The summed E-state index contributed by atoms with van der Waals surface area (Å²) in [4.78, 5) is 11.1. The number of furan rings is 1. The van der Waals surface area contributed by atoms with Crippen LogP contribution in [0.4, 0.5) is 0 Å². The van der Waals surface area contributed by atoms with Gasteiger partial charge in [0.2, 0.25) is 0 Å². The van der Waals surface area contributed by atoms with Crippen LogP contribution in [0.3, 0.4) is 0 Å². The molecule has 0 aliphatic carbocycles. The molecule has 94 valence electrons. The molecule has 2 aromatic rings. The lowest BCUT2D eigenvalue weighted by molar-refractivity contribution is 0.112. The van der Waals surface area contributed by atoms with Crippen LogP contribution >= 0.6 is 15.9 Å². The molecule has 5 heteroatoms. The lowest BCUT2D eigenvalue weighted by atomic mass is 10.1. The van der Waals surface area contributed by atoms with Gasteiger partial charge in [0, 0.05) is 11.1 Å². The van der Waals surface area contributed by atoms with Crippen molar-refractivity contribution in [3.8, 4) is 22.8 Å². The van der Waals surface area contributed by atoms with Gasteiger partial charge in [-0.3, -0.25) is 4.79 Å². The summed E-state index contributed by atoms with van der Waals surface area (Å²) >= 11 is 3.37. The molecule has 0 aliphatic rings. The summed E-state index contributed by atoms with van der Waals surface area (Å²) in [5, 5.41) is 0. The Morgan fingerprint density at radius 2 is 1.89 bits per heavy atom. The van der Waals surface area contributed by atoms with Crippen LogP contribution in [0.5, 0.6) is 11.5 Å². The SMILES string of the molecule is COc1cc(C=O)c(-c2occc2Br)cc1OC. The van der Waals surface area contributed by atoms with E-state index in [0.717, 1.165) is 10.8 Å². The Balaban J connectivity index is 2.66. The van der Waals surface area contributed by atoms with Gasteiger partial charge in [-0.1, -0.05) is 0 Å². The van der Waals surface area contributed by atoms with Gasteiger partial charge in [-0.05, 0) is 34.1 Å². The number of carbonyl (C=O) groups excluding carboxylic acids is 1. The highest BCUT2D eigenvalue weighted by Crippen LogP contribution is 2.38. The summed E-state index contributed by atoms with van der Waals surface area (Å²) in [6, 6.07) is 5.10. The third-order valence-corrected chi connectivity index (χ3v) is 3.17. The van der Waals surface area contributed by atoms with Gasteiger partial charge in [0.1, 0.15) is 5.76 Å². The van der Waals surface area contributed by atoms with Crippen molar-refractivity contribution in [2.24, 2.45) is 0 Å². The van der Waals surface area contributed by atoms with Crippen molar-refractivity contribution in [1.82, 2.24) is 0 Å². The van der Waals surface area contributed by atoms with Gasteiger partial charge in [0.15, 0.2) is 17.8 Å². The van der Waals surface area contributed by atoms with Crippen LogP contribution in [-0.4, -0.2) is 20.5 Å². The molecule has 0 unspecified atom stereocenters. The maximum atomic E-state index is 11.1. The van der Waals surface area contributed by atoms with E-state index in [2.05, 4.69) is 15.9 Å². The number of ether oxygens (including phenoxy) is 2. The number of methoxy groups -OCH3 is 2. The zero-order valence-corrected chi connectivity index (χ0v) is 11.5. The minimum Gasteiger partial charge on any atom is -0.493 e. The maximum Gasteiger partial charge on any atom is 0.161 e. The molecule has 1 aromatic carbocycles. The quantitative estimate of drug-likeness (QED) is 0.810. The molecule has 4 nitrogen and oxygen atoms in total. The van der Waals surface area contributed by atoms with Crippen molar-refractivity contribution in [1.29, 1.82) is 0 Å². The Bertz CT molecular complexity index is 574. The van der Waals surface area contributed by atoms with E-state index in [-0.39, 0.29) is 0 Å². The third kappa shape index (κ3) is 2.13. The monoisotopic (exact) mass is 310 g/mol. The van der Waals surface area contributed by atoms with Crippen LogP contribution in [0.25, 0.3) is 11.3 Å². The van der Waals surface area contributed by atoms with Crippen LogP contribution in [0.2, 0.25) is 0 Å². The number of benzene rings is 1. The lowest BCUT2D eigenvalue weighted by Crippen LogP contribution is -1.95. The van der Waals surface area contributed by atoms with E-state index in [4.69, 9.17) is 13.9 Å². The number of hydrogen-bond donors (Lipinski definition) is 0. The van der Waals surface area contributed by atoms with Crippen LogP contribution < -0.4 is 9.47 Å². The Kier molecular flexibility index (Phi) is 3.72. The Morgan fingerprint density at radius 1 is 1.22 bits per heavy atom. The molecule has 18 heavy (non-hydrogen) atoms. The lowest BCUT2D eigenvalue weighted by Gasteiger charge is -2.11. The second-order valence-electron chi connectivity index (χ2n) is 3.51. The Hall–Kier alpha value is -1.75. The first kappa shape index (κ1) is 12.7. The fourth-order valence-corrected chi connectivity index (χ4v) is 2.09. The largest absolute Gasteiger partial charge is 0.493 e. The molecule has 0 bridgehead atoms. The number of halogens is 1. The molecular weight excluding hydrogens is 300 g/mol. The second-order valence-corrected chi connectivity index (χ2v) is 4.36. The predicted octanol–water partition coefficient (Wildman–Crippen LogP) is 3.54. The zero-order valence-electron chi connectivity index (χ0n) is 9.90. The minimum atomic E-state index is 0.475. The van der Waals surface area contributed by atoms with E-state index in [0.29, 0.717) is 28.4 Å². The second kappa shape index (κ2) is 5.27. The van der Waals surface area contributed by atoms with Crippen molar-refractivity contribution in [2.45, 2.75) is 0 Å². The molecule has 0 N–H and O–H groups in total. The fraction of sp³-hybridized carbons (Fsp3) is 0.154. The van der Waals surface area contributed by atoms with Gasteiger partial charge in [-0.15, -0.1) is 0 Å². The molecule has 0 saturated carbocycles. The van der Waals surface area contributed by atoms with E-state index in [1.807, 2.05) is 0 Å². The zero-order chi connectivity index (χ0) is 13.1. The molecule has 2 rings (SSSR count). The van der Waals surface area contributed by atoms with Crippen molar-refractivity contribution in [2.75, 3.05) is 14.2 Å². The highest BCUT2D eigenvalue weighted by atomic mass is 79.9. The standard InChI is InChI=1S/C13H11BrO4/c1-16-11-5-8(7-15)9(6-12(11)17-2)13-10(14)3-4-18-13/h3-7H,1-2H3. The van der Waals surface area contributed by atoms with E-state index >= 15 is 0 Å². The third-order valence-electron chi connectivity index (χ3n) is 2.54. The minimum absolute atomic E-state index is 0.475. The molecule has 0 spiro atoms. The molecule has 0 radical (unpaired) electrons. The van der Waals surface area contributed by atoms with Gasteiger partial charge in [-0.2, -0.15) is 0 Å². The van der Waals surface area contributed by atoms with Crippen LogP contribution in [0.15, 0.2) is 33.4 Å². The van der Waals surface area contributed by atoms with Crippen molar-refractivity contribution in [3.63, 3.8) is 0 Å². The maximum absolute atomic E-state index is 11.1. The van der Waals surface area contributed by atoms with Crippen LogP contribution in [-0.2, 0) is 0 Å². The summed E-state index contributed by atoms with van der Waals surface area (Å²) < 4.78 is 16.5. The smallest absolute Gasteiger partial charge is 0.161 e. The van der Waals surface area contributed by atoms with Gasteiger partial charge in [0.05, 0.1) is 25.0 Å². The van der Waals surface area contributed by atoms with Gasteiger partial charge in [-0.25, -0.2) is 0 Å². The number of hydrogen-bond acceptors (Lipinski definition) is 4. The Morgan fingerprint density at radius 3 is 2.39 bits per heavy atom. The summed E-state index contributed by atoms with van der Waals surface area (Å²) in [7, 11) is 3.06. The van der Waals surface area contributed by atoms with Gasteiger partial charge >= 0.3 is 0 Å². The topological polar surface area (TPSA) is 48.7 Å². The fourth-order valence-electron chi connectivity index (χ4n) is 1.67. The first-order chi connectivity index (χ1) is 8.71. The van der Waals surface area contributed by atoms with Crippen molar-refractivity contribution < 1.29 is 18.7 Å². The van der Waals surface area contributed by atoms with E-state index < -0.39 is 0 Å². The average Bonchev–Trinajstić information content (AvgIpc) is 2.83. The summed E-state index contributed by atoms with van der Waals surface area (Å²) in [5.41, 5.74) is 1.13. The summed E-state index contributed by atoms with van der Waals surface area (Å²) in [5.74, 6) is 1.63. The highest BCUT2D eigenvalue weighted by molar-refractivity contribution is 9.10. The Labute approximate surface area is 113 Å². The predicted molar refractivity (Wildman–Crippen MR) is 70.3 cm³/mol. The molecule has 0 aliphatic heterocycles. The number of carbonyl (C=O) groups is 1. The van der Waals surface area contributed by atoms with Gasteiger partial charge in [0.25, 0.3) is 0 Å². The first-order valence-electron chi connectivity index (χ1n) is 5.15. The number of aldehydes is 1. The van der Waals surface area contributed by atoms with Crippen LogP contribution in [0.1, 0.15) is 10.4 Å². The average molecular weight is 311 g/mol. The molecule has 0 atom stereocenters. The first-order valence-corrected chi connectivity index (χ1v) is 5.95. The molecule has 1 heterocycles. The molecule has 0 amide bonds. The van der Waals surface area contributed by atoms with Gasteiger partial charge < -0.3 is 13.9 Å². The molecular formula is C13H11BrO4. The summed E-state index contributed by atoms with van der Waals surface area (Å²) in [6.45, 7) is 0. The van der Waals surface area contributed by atoms with E-state index in [9.17, 15) is 4.79 Å². The molecule has 1 aromatic heterocycles. The highest BCUT2D eigenvalue weighted by Gasteiger charge is 2.16. The summed E-state index contributed by atoms with van der Waals surface area (Å²) in [6.07, 6.45) is 2.30. The van der Waals surface area contributed by atoms with Crippen molar-refractivity contribution in [3.05, 3.63) is 34.5 Å². The van der Waals surface area contributed by atoms with E-state index in [1.165, 1.54) is 7.11 Å². The van der Waals surface area contributed by atoms with Crippen molar-refractivity contribution >= 4 is 22.2 Å². The van der Waals surface area contributed by atoms with Crippen LogP contribution in [0, 0.1) is 0 Å². The molecule has 0 saturated heterocycles. The normalized spacial score (nSPS) is 10.2. The van der Waals surface area contributed by atoms with E-state index in [1.54, 1.807) is 31.6 Å². The number of rotatable bonds is 4.